The predicted molar refractivity (Wildman–Crippen MR) is 79.7 cm³/mol. The van der Waals surface area contributed by atoms with Gasteiger partial charge in [-0.1, -0.05) is 29.3 Å². The lowest BCUT2D eigenvalue weighted by molar-refractivity contribution is -0.143. The van der Waals surface area contributed by atoms with Crippen molar-refractivity contribution in [2.75, 3.05) is 0 Å². The van der Waals surface area contributed by atoms with E-state index in [4.69, 9.17) is 23.2 Å². The Balaban J connectivity index is 1.81. The highest BCUT2D eigenvalue weighted by atomic mass is 35.5. The third-order valence-electron chi connectivity index (χ3n) is 4.21. The molecule has 0 N–H and O–H groups in total. The molecule has 2 aliphatic rings. The lowest BCUT2D eigenvalue weighted by atomic mass is 9.74. The van der Waals surface area contributed by atoms with E-state index in [1.165, 1.54) is 0 Å². The monoisotopic (exact) mass is 324 g/mol. The van der Waals surface area contributed by atoms with Crippen molar-refractivity contribution in [1.82, 2.24) is 0 Å². The Morgan fingerprint density at radius 2 is 1.67 bits per heavy atom. The molecule has 0 atom stereocenters. The first-order chi connectivity index (χ1) is 9.97. The molecule has 0 amide bonds. The fourth-order valence-corrected chi connectivity index (χ4v) is 3.51. The Kier molecular flexibility index (Phi) is 3.89. The molecular weight excluding hydrogens is 311 g/mol. The molecular formula is C16H14Cl2O3. The van der Waals surface area contributed by atoms with Gasteiger partial charge in [0, 0.05) is 28.8 Å². The molecule has 21 heavy (non-hydrogen) atoms. The molecule has 1 aromatic rings. The van der Waals surface area contributed by atoms with Crippen LogP contribution in [0.4, 0.5) is 0 Å². The maximum Gasteiger partial charge on any atom is 0.153 e. The number of Topliss-reactive ketones (excluding diaryl/α,β-unsaturated/α-hetero) is 3. The number of rotatable bonds is 3. The molecule has 3 nitrogen and oxygen atoms in total. The molecule has 0 spiro atoms. The average Bonchev–Trinajstić information content (AvgIpc) is 3.21. The lowest BCUT2D eigenvalue weighted by Crippen LogP contribution is -2.38. The van der Waals surface area contributed by atoms with Crippen LogP contribution in [0.1, 0.15) is 37.2 Å². The summed E-state index contributed by atoms with van der Waals surface area (Å²) in [5, 5.41) is 0.971. The third kappa shape index (κ3) is 2.90. The molecule has 2 aliphatic carbocycles. The smallest absolute Gasteiger partial charge is 0.153 e. The highest BCUT2D eigenvalue weighted by molar-refractivity contribution is 6.35. The minimum atomic E-state index is -1.03. The summed E-state index contributed by atoms with van der Waals surface area (Å²) in [6.07, 6.45) is 2.00. The molecule has 0 heterocycles. The Labute approximate surface area is 132 Å². The normalized spacial score (nSPS) is 26.0. The molecule has 3 rings (SSSR count). The van der Waals surface area contributed by atoms with Crippen molar-refractivity contribution >= 4 is 40.6 Å². The van der Waals surface area contributed by atoms with Crippen molar-refractivity contribution in [3.8, 4) is 0 Å². The van der Waals surface area contributed by atoms with Crippen molar-refractivity contribution in [2.45, 2.75) is 31.6 Å². The van der Waals surface area contributed by atoms with E-state index in [0.717, 1.165) is 18.4 Å². The zero-order valence-electron chi connectivity index (χ0n) is 11.3. The Morgan fingerprint density at radius 3 is 2.19 bits per heavy atom. The van der Waals surface area contributed by atoms with Crippen molar-refractivity contribution < 1.29 is 14.4 Å². The van der Waals surface area contributed by atoms with Crippen LogP contribution in [-0.2, 0) is 14.4 Å². The zero-order chi connectivity index (χ0) is 15.1. The van der Waals surface area contributed by atoms with Crippen molar-refractivity contribution in [2.24, 2.45) is 11.8 Å². The van der Waals surface area contributed by atoms with Gasteiger partial charge in [0.25, 0.3) is 0 Å². The number of halogens is 2. The summed E-state index contributed by atoms with van der Waals surface area (Å²) in [6, 6.07) is 5.05. The van der Waals surface area contributed by atoms with Gasteiger partial charge in [0.05, 0.1) is 0 Å². The average molecular weight is 325 g/mol. The number of benzene rings is 1. The van der Waals surface area contributed by atoms with Crippen LogP contribution in [0.25, 0.3) is 0 Å². The second-order valence-corrected chi connectivity index (χ2v) is 6.66. The fraction of sp³-hybridized carbons (Fsp3) is 0.438. The quantitative estimate of drug-likeness (QED) is 0.798. The van der Waals surface area contributed by atoms with Crippen LogP contribution in [0.15, 0.2) is 18.2 Å². The van der Waals surface area contributed by atoms with Crippen molar-refractivity contribution in [3.63, 3.8) is 0 Å². The van der Waals surface area contributed by atoms with Crippen LogP contribution in [-0.4, -0.2) is 17.3 Å². The summed E-state index contributed by atoms with van der Waals surface area (Å²) in [5.41, 5.74) is 0.750. The van der Waals surface area contributed by atoms with Gasteiger partial charge < -0.3 is 0 Å². The number of carbonyl (C=O) groups is 3. The Morgan fingerprint density at radius 1 is 1.05 bits per heavy atom. The van der Waals surface area contributed by atoms with E-state index in [1.54, 1.807) is 18.2 Å². The third-order valence-corrected chi connectivity index (χ3v) is 4.77. The van der Waals surface area contributed by atoms with Gasteiger partial charge in [-0.15, -0.1) is 0 Å². The van der Waals surface area contributed by atoms with Gasteiger partial charge in [-0.05, 0) is 36.5 Å². The van der Waals surface area contributed by atoms with Crippen LogP contribution in [0, 0.1) is 11.8 Å². The summed E-state index contributed by atoms with van der Waals surface area (Å²) >= 11 is 12.0. The maximum atomic E-state index is 12.2. The maximum absolute atomic E-state index is 12.2. The largest absolute Gasteiger partial charge is 0.298 e. The van der Waals surface area contributed by atoms with Gasteiger partial charge >= 0.3 is 0 Å². The highest BCUT2D eigenvalue weighted by Crippen LogP contribution is 2.40. The lowest BCUT2D eigenvalue weighted by Gasteiger charge is -2.26. The summed E-state index contributed by atoms with van der Waals surface area (Å²) in [5.74, 6) is -2.06. The van der Waals surface area contributed by atoms with Gasteiger partial charge in [0.15, 0.2) is 17.3 Å². The Bertz CT molecular complexity index is 616. The summed E-state index contributed by atoms with van der Waals surface area (Å²) in [6.45, 7) is 0. The van der Waals surface area contributed by atoms with Gasteiger partial charge in [-0.3, -0.25) is 14.4 Å². The summed E-state index contributed by atoms with van der Waals surface area (Å²) in [4.78, 5) is 36.5. The van der Waals surface area contributed by atoms with Crippen molar-refractivity contribution in [1.29, 1.82) is 0 Å². The topological polar surface area (TPSA) is 51.2 Å². The van der Waals surface area contributed by atoms with Crippen LogP contribution in [0.2, 0.25) is 10.0 Å². The van der Waals surface area contributed by atoms with E-state index in [-0.39, 0.29) is 42.0 Å². The highest BCUT2D eigenvalue weighted by Gasteiger charge is 2.45. The minimum absolute atomic E-state index is 0.0708. The molecule has 0 aliphatic heterocycles. The molecule has 0 saturated heterocycles. The van der Waals surface area contributed by atoms with Crippen molar-refractivity contribution in [3.05, 3.63) is 33.8 Å². The van der Waals surface area contributed by atoms with Crippen LogP contribution in [0.5, 0.6) is 0 Å². The Hall–Kier alpha value is -1.19. The van der Waals surface area contributed by atoms with E-state index >= 15 is 0 Å². The number of carbonyl (C=O) groups excluding carboxylic acids is 3. The van der Waals surface area contributed by atoms with Gasteiger partial charge in [0.2, 0.25) is 0 Å². The van der Waals surface area contributed by atoms with E-state index in [2.05, 4.69) is 0 Å². The fourth-order valence-electron chi connectivity index (χ4n) is 2.95. The SMILES string of the molecule is O=C1CC(c2ccc(Cl)cc2Cl)CC(=O)C1C(=O)C1CC1. The standard InChI is InChI=1S/C16H14Cl2O3/c17-10-3-4-11(12(18)7-10)9-5-13(19)15(14(20)6-9)16(21)8-1-2-8/h3-4,7-9,15H,1-2,5-6H2. The molecule has 110 valence electrons. The number of hydrogen-bond acceptors (Lipinski definition) is 3. The van der Waals surface area contributed by atoms with Crippen LogP contribution < -0.4 is 0 Å². The molecule has 2 fully saturated rings. The summed E-state index contributed by atoms with van der Waals surface area (Å²) < 4.78 is 0. The first-order valence-electron chi connectivity index (χ1n) is 7.01. The molecule has 0 bridgehead atoms. The number of hydrogen-bond donors (Lipinski definition) is 0. The van der Waals surface area contributed by atoms with Crippen LogP contribution in [0.3, 0.4) is 0 Å². The minimum Gasteiger partial charge on any atom is -0.298 e. The van der Waals surface area contributed by atoms with Crippen LogP contribution >= 0.6 is 23.2 Å². The molecule has 1 aromatic carbocycles. The van der Waals surface area contributed by atoms with Gasteiger partial charge in [0.1, 0.15) is 5.92 Å². The molecule has 2 saturated carbocycles. The predicted octanol–water partition coefficient (Wildman–Crippen LogP) is 3.60. The van der Waals surface area contributed by atoms with Gasteiger partial charge in [-0.2, -0.15) is 0 Å². The van der Waals surface area contributed by atoms with Gasteiger partial charge in [-0.25, -0.2) is 0 Å². The second kappa shape index (κ2) is 5.54. The first-order valence-corrected chi connectivity index (χ1v) is 7.77. The van der Waals surface area contributed by atoms with E-state index in [1.807, 2.05) is 0 Å². The van der Waals surface area contributed by atoms with E-state index in [9.17, 15) is 14.4 Å². The molecule has 0 unspecified atom stereocenters. The number of ketones is 3. The second-order valence-electron chi connectivity index (χ2n) is 5.81. The molecule has 0 radical (unpaired) electrons. The van der Waals surface area contributed by atoms with E-state index in [0.29, 0.717) is 10.0 Å². The summed E-state index contributed by atoms with van der Waals surface area (Å²) in [7, 11) is 0. The van der Waals surface area contributed by atoms with E-state index < -0.39 is 5.92 Å². The first kappa shape index (κ1) is 14.7. The molecule has 5 heteroatoms. The molecule has 0 aromatic heterocycles. The zero-order valence-corrected chi connectivity index (χ0v) is 12.8.